The zero-order chi connectivity index (χ0) is 10.6. The van der Waals surface area contributed by atoms with Gasteiger partial charge in [-0.1, -0.05) is 12.2 Å². The molecule has 72 valence electrons. The smallest absolute Gasteiger partial charge is 0.130 e. The minimum absolute atomic E-state index is 0.271. The van der Waals surface area contributed by atoms with Gasteiger partial charge in [0.1, 0.15) is 5.82 Å². The van der Waals surface area contributed by atoms with Crippen molar-refractivity contribution < 1.29 is 4.39 Å². The Morgan fingerprint density at radius 1 is 1.57 bits per heavy atom. The Kier molecular flexibility index (Phi) is 3.24. The van der Waals surface area contributed by atoms with Crippen LogP contribution in [0.3, 0.4) is 0 Å². The third kappa shape index (κ3) is 2.33. The highest BCUT2D eigenvalue weighted by Gasteiger charge is 2.01. The largest absolute Gasteiger partial charge is 0.398 e. The first-order valence-corrected chi connectivity index (χ1v) is 4.24. The van der Waals surface area contributed by atoms with Gasteiger partial charge in [-0.25, -0.2) is 4.39 Å². The number of nitrogens with two attached hydrogens (primary N) is 1. The molecule has 0 unspecified atom stereocenters. The molecule has 1 aromatic carbocycles. The summed E-state index contributed by atoms with van der Waals surface area (Å²) in [7, 11) is 0. The van der Waals surface area contributed by atoms with E-state index in [4.69, 9.17) is 11.0 Å². The van der Waals surface area contributed by atoms with Gasteiger partial charge in [0, 0.05) is 11.3 Å². The Morgan fingerprint density at radius 3 is 2.93 bits per heavy atom. The highest BCUT2D eigenvalue weighted by molar-refractivity contribution is 5.59. The molecular formula is C11H11FN2. The normalized spacial score (nSPS) is 10.4. The Labute approximate surface area is 82.5 Å². The van der Waals surface area contributed by atoms with Gasteiger partial charge in [0.05, 0.1) is 12.5 Å². The summed E-state index contributed by atoms with van der Waals surface area (Å²) in [4.78, 5) is 0. The molecule has 0 atom stereocenters. The van der Waals surface area contributed by atoms with E-state index in [1.54, 1.807) is 25.1 Å². The molecule has 0 bridgehead atoms. The van der Waals surface area contributed by atoms with Crippen molar-refractivity contribution in [3.63, 3.8) is 0 Å². The van der Waals surface area contributed by atoms with Gasteiger partial charge in [-0.3, -0.25) is 0 Å². The molecule has 3 heteroatoms. The van der Waals surface area contributed by atoms with E-state index in [0.717, 1.165) is 5.56 Å². The molecule has 0 fully saturated rings. The van der Waals surface area contributed by atoms with Crippen LogP contribution in [0.25, 0.3) is 6.08 Å². The third-order valence-corrected chi connectivity index (χ3v) is 1.89. The number of allylic oxidation sites excluding steroid dienone is 1. The molecule has 0 heterocycles. The van der Waals surface area contributed by atoms with Crippen molar-refractivity contribution in [1.29, 1.82) is 5.26 Å². The minimum atomic E-state index is -0.314. The number of hydrogen-bond donors (Lipinski definition) is 1. The van der Waals surface area contributed by atoms with Gasteiger partial charge in [0.25, 0.3) is 0 Å². The highest BCUT2D eigenvalue weighted by atomic mass is 19.1. The second-order valence-corrected chi connectivity index (χ2v) is 2.99. The van der Waals surface area contributed by atoms with Crippen LogP contribution in [-0.2, 0) is 0 Å². The van der Waals surface area contributed by atoms with Crippen LogP contribution in [0.1, 0.15) is 17.5 Å². The molecule has 1 aromatic rings. The average Bonchev–Trinajstić information content (AvgIpc) is 2.14. The van der Waals surface area contributed by atoms with Crippen LogP contribution in [0.5, 0.6) is 0 Å². The van der Waals surface area contributed by atoms with Crippen molar-refractivity contribution >= 4 is 11.8 Å². The zero-order valence-electron chi connectivity index (χ0n) is 7.92. The third-order valence-electron chi connectivity index (χ3n) is 1.89. The molecule has 1 rings (SSSR count). The maximum absolute atomic E-state index is 13.3. The van der Waals surface area contributed by atoms with E-state index in [1.807, 2.05) is 6.07 Å². The summed E-state index contributed by atoms with van der Waals surface area (Å²) in [5, 5.41) is 8.29. The lowest BCUT2D eigenvalue weighted by Gasteiger charge is -2.02. The van der Waals surface area contributed by atoms with E-state index in [1.165, 1.54) is 6.07 Å². The summed E-state index contributed by atoms with van der Waals surface area (Å²) in [5.41, 5.74) is 7.33. The fourth-order valence-electron chi connectivity index (χ4n) is 1.07. The molecule has 0 saturated heterocycles. The average molecular weight is 190 g/mol. The molecule has 0 saturated carbocycles. The van der Waals surface area contributed by atoms with Crippen LogP contribution in [0.4, 0.5) is 10.1 Å². The first kappa shape index (κ1) is 10.3. The number of nitriles is 1. The van der Waals surface area contributed by atoms with Crippen molar-refractivity contribution in [3.8, 4) is 6.07 Å². The maximum atomic E-state index is 13.3. The summed E-state index contributed by atoms with van der Waals surface area (Å²) >= 11 is 0. The number of hydrogen-bond acceptors (Lipinski definition) is 2. The van der Waals surface area contributed by atoms with Crippen LogP contribution in [0.15, 0.2) is 18.2 Å². The van der Waals surface area contributed by atoms with Gasteiger partial charge in [-0.15, -0.1) is 0 Å². The van der Waals surface area contributed by atoms with Crippen LogP contribution in [0, 0.1) is 24.1 Å². The van der Waals surface area contributed by atoms with Crippen molar-refractivity contribution in [3.05, 3.63) is 35.2 Å². The number of halogens is 1. The van der Waals surface area contributed by atoms with Crippen molar-refractivity contribution in [2.75, 3.05) is 5.73 Å². The molecule has 0 aliphatic heterocycles. The first-order chi connectivity index (χ1) is 6.65. The monoisotopic (exact) mass is 190 g/mol. The summed E-state index contributed by atoms with van der Waals surface area (Å²) in [6.07, 6.45) is 3.44. The topological polar surface area (TPSA) is 49.8 Å². The quantitative estimate of drug-likeness (QED) is 0.729. The van der Waals surface area contributed by atoms with Gasteiger partial charge >= 0.3 is 0 Å². The molecule has 0 spiro atoms. The fraction of sp³-hybridized carbons (Fsp3) is 0.182. The van der Waals surface area contributed by atoms with E-state index in [9.17, 15) is 4.39 Å². The number of nitrogens with zero attached hydrogens (tertiary/aromatic N) is 1. The molecule has 0 aliphatic carbocycles. The number of nitrogen functional groups attached to an aromatic ring is 1. The maximum Gasteiger partial charge on any atom is 0.130 e. The first-order valence-electron chi connectivity index (χ1n) is 4.24. The lowest BCUT2D eigenvalue weighted by Crippen LogP contribution is -1.93. The van der Waals surface area contributed by atoms with E-state index in [-0.39, 0.29) is 12.2 Å². The van der Waals surface area contributed by atoms with E-state index in [0.29, 0.717) is 11.3 Å². The van der Waals surface area contributed by atoms with Crippen LogP contribution < -0.4 is 5.73 Å². The van der Waals surface area contributed by atoms with Crippen LogP contribution in [0.2, 0.25) is 0 Å². The highest BCUT2D eigenvalue weighted by Crippen LogP contribution is 2.18. The molecule has 0 aliphatic rings. The molecule has 14 heavy (non-hydrogen) atoms. The molecule has 2 N–H and O–H groups in total. The minimum Gasteiger partial charge on any atom is -0.398 e. The van der Waals surface area contributed by atoms with Gasteiger partial charge in [-0.2, -0.15) is 5.26 Å². The second-order valence-electron chi connectivity index (χ2n) is 2.99. The fourth-order valence-corrected chi connectivity index (χ4v) is 1.07. The lowest BCUT2D eigenvalue weighted by atomic mass is 10.1. The molecule has 0 radical (unpaired) electrons. The number of rotatable bonds is 2. The Balaban J connectivity index is 2.99. The number of aryl methyl sites for hydroxylation is 1. The molecule has 0 aromatic heterocycles. The van der Waals surface area contributed by atoms with E-state index >= 15 is 0 Å². The van der Waals surface area contributed by atoms with Gasteiger partial charge in [-0.05, 0) is 24.6 Å². The lowest BCUT2D eigenvalue weighted by molar-refractivity contribution is 0.624. The number of anilines is 1. The summed E-state index contributed by atoms with van der Waals surface area (Å²) in [5.74, 6) is -0.314. The van der Waals surface area contributed by atoms with Crippen molar-refractivity contribution in [1.82, 2.24) is 0 Å². The molecule has 0 amide bonds. The van der Waals surface area contributed by atoms with Crippen LogP contribution in [-0.4, -0.2) is 0 Å². The van der Waals surface area contributed by atoms with Crippen molar-refractivity contribution in [2.45, 2.75) is 13.3 Å². The van der Waals surface area contributed by atoms with Crippen LogP contribution >= 0.6 is 0 Å². The number of benzene rings is 1. The standard InChI is InChI=1S/C11H11FN2/c1-8-6-10(12)9(7-11(8)14)4-2-3-5-13/h2,4,6-7H,3,14H2,1H3. The van der Waals surface area contributed by atoms with Gasteiger partial charge in [0.15, 0.2) is 0 Å². The van der Waals surface area contributed by atoms with Gasteiger partial charge < -0.3 is 5.73 Å². The van der Waals surface area contributed by atoms with E-state index < -0.39 is 0 Å². The molecular weight excluding hydrogens is 179 g/mol. The van der Waals surface area contributed by atoms with Gasteiger partial charge in [0.2, 0.25) is 0 Å². The predicted octanol–water partition coefficient (Wildman–Crippen LogP) is 2.64. The summed E-state index contributed by atoms with van der Waals surface area (Å²) in [6, 6.07) is 4.90. The Morgan fingerprint density at radius 2 is 2.29 bits per heavy atom. The SMILES string of the molecule is Cc1cc(F)c(C=CCC#N)cc1N. The zero-order valence-corrected chi connectivity index (χ0v) is 7.92. The van der Waals surface area contributed by atoms with Crippen molar-refractivity contribution in [2.24, 2.45) is 0 Å². The summed E-state index contributed by atoms with van der Waals surface area (Å²) in [6.45, 7) is 1.75. The van der Waals surface area contributed by atoms with E-state index in [2.05, 4.69) is 0 Å². The Hall–Kier alpha value is -1.82. The summed E-state index contributed by atoms with van der Waals surface area (Å²) < 4.78 is 13.3. The predicted molar refractivity (Wildman–Crippen MR) is 54.8 cm³/mol. The molecule has 2 nitrogen and oxygen atoms in total. The second kappa shape index (κ2) is 4.43. The Bertz CT molecular complexity index is 402.